The Morgan fingerprint density at radius 1 is 1.27 bits per heavy atom. The van der Waals surface area contributed by atoms with Crippen molar-refractivity contribution in [2.24, 2.45) is 0 Å². The number of hydrogen-bond acceptors (Lipinski definition) is 1. The van der Waals surface area contributed by atoms with Gasteiger partial charge in [0.15, 0.2) is 0 Å². The minimum Gasteiger partial charge on any atom is -0.193 e. The molecule has 1 heteroatoms. The number of unbranched alkanes of at least 4 members (excludes halogenated alkanes) is 2. The van der Waals surface area contributed by atoms with Gasteiger partial charge in [0.2, 0.25) is 0 Å². The van der Waals surface area contributed by atoms with Gasteiger partial charge in [-0.05, 0) is 26.7 Å². The summed E-state index contributed by atoms with van der Waals surface area (Å²) in [7, 11) is 0. The Hall–Kier alpha value is -0.770. The predicted molar refractivity (Wildman–Crippen MR) is 48.1 cm³/mol. The van der Waals surface area contributed by atoms with E-state index >= 15 is 0 Å². The first-order valence-electron chi connectivity index (χ1n) is 4.28. The lowest BCUT2D eigenvalue weighted by molar-refractivity contribution is 0.711. The summed E-state index contributed by atoms with van der Waals surface area (Å²) < 4.78 is 0. The summed E-state index contributed by atoms with van der Waals surface area (Å²) >= 11 is 0. The zero-order valence-electron chi connectivity index (χ0n) is 7.78. The van der Waals surface area contributed by atoms with Crippen molar-refractivity contribution in [3.05, 3.63) is 11.1 Å². The molecule has 0 aliphatic rings. The van der Waals surface area contributed by atoms with E-state index < -0.39 is 0 Å². The van der Waals surface area contributed by atoms with Gasteiger partial charge in [-0.15, -0.1) is 0 Å². The molecule has 0 aliphatic carbocycles. The van der Waals surface area contributed by atoms with E-state index in [4.69, 9.17) is 5.26 Å². The molecule has 1 nitrogen and oxygen atoms in total. The Morgan fingerprint density at radius 2 is 1.91 bits per heavy atom. The molecule has 11 heavy (non-hydrogen) atoms. The van der Waals surface area contributed by atoms with Gasteiger partial charge in [0.25, 0.3) is 0 Å². The number of hydrogen-bond donors (Lipinski definition) is 0. The molecule has 0 N–H and O–H groups in total. The highest BCUT2D eigenvalue weighted by molar-refractivity contribution is 5.23. The van der Waals surface area contributed by atoms with Crippen molar-refractivity contribution >= 4 is 0 Å². The van der Waals surface area contributed by atoms with Crippen LogP contribution in [0, 0.1) is 11.3 Å². The quantitative estimate of drug-likeness (QED) is 0.446. The van der Waals surface area contributed by atoms with Gasteiger partial charge in [0.1, 0.15) is 0 Å². The van der Waals surface area contributed by atoms with E-state index in [-0.39, 0.29) is 0 Å². The van der Waals surface area contributed by atoms with Crippen LogP contribution in [0.3, 0.4) is 0 Å². The monoisotopic (exact) mass is 151 g/mol. The van der Waals surface area contributed by atoms with Gasteiger partial charge in [0, 0.05) is 5.57 Å². The molecule has 0 atom stereocenters. The van der Waals surface area contributed by atoms with Crippen LogP contribution >= 0.6 is 0 Å². The van der Waals surface area contributed by atoms with Crippen molar-refractivity contribution in [2.75, 3.05) is 0 Å². The Bertz CT molecular complexity index is 172. The molecule has 0 radical (unpaired) electrons. The number of rotatable bonds is 4. The van der Waals surface area contributed by atoms with Gasteiger partial charge in [-0.25, -0.2) is 0 Å². The van der Waals surface area contributed by atoms with Crippen LogP contribution in [0.15, 0.2) is 11.1 Å². The maximum atomic E-state index is 8.55. The van der Waals surface area contributed by atoms with E-state index in [2.05, 4.69) is 13.0 Å². The highest BCUT2D eigenvalue weighted by Crippen LogP contribution is 2.11. The molecule has 0 bridgehead atoms. The fourth-order valence-electron chi connectivity index (χ4n) is 0.923. The van der Waals surface area contributed by atoms with Crippen LogP contribution in [0.5, 0.6) is 0 Å². The summed E-state index contributed by atoms with van der Waals surface area (Å²) in [6.07, 6.45) is 4.84. The first-order chi connectivity index (χ1) is 5.22. The van der Waals surface area contributed by atoms with Crippen molar-refractivity contribution in [3.8, 4) is 6.07 Å². The molecule has 0 heterocycles. The van der Waals surface area contributed by atoms with E-state index in [0.29, 0.717) is 0 Å². The topological polar surface area (TPSA) is 23.8 Å². The second-order valence-corrected chi connectivity index (χ2v) is 2.97. The Labute approximate surface area is 69.7 Å². The van der Waals surface area contributed by atoms with Crippen LogP contribution in [0.25, 0.3) is 0 Å². The molecule has 0 saturated heterocycles. The average molecular weight is 151 g/mol. The van der Waals surface area contributed by atoms with Crippen molar-refractivity contribution in [1.82, 2.24) is 0 Å². The molecule has 0 rings (SSSR count). The molecule has 0 aliphatic heterocycles. The van der Waals surface area contributed by atoms with Crippen LogP contribution in [0.4, 0.5) is 0 Å². The number of allylic oxidation sites excluding steroid dienone is 2. The summed E-state index contributed by atoms with van der Waals surface area (Å²) in [5.74, 6) is 0. The summed E-state index contributed by atoms with van der Waals surface area (Å²) in [5, 5.41) is 8.55. The van der Waals surface area contributed by atoms with Crippen molar-refractivity contribution in [1.29, 1.82) is 5.26 Å². The van der Waals surface area contributed by atoms with Crippen molar-refractivity contribution in [3.63, 3.8) is 0 Å². The molecule has 0 aromatic heterocycles. The first kappa shape index (κ1) is 10.2. The summed E-state index contributed by atoms with van der Waals surface area (Å²) in [6.45, 7) is 6.13. The molecule has 0 fully saturated rings. The van der Waals surface area contributed by atoms with E-state index in [1.54, 1.807) is 0 Å². The average Bonchev–Trinajstić information content (AvgIpc) is 2.03. The fourth-order valence-corrected chi connectivity index (χ4v) is 0.923. The third-order valence-corrected chi connectivity index (χ3v) is 1.96. The van der Waals surface area contributed by atoms with Crippen LogP contribution < -0.4 is 0 Å². The number of nitriles is 1. The zero-order valence-corrected chi connectivity index (χ0v) is 7.78. The second kappa shape index (κ2) is 5.97. The molecule has 62 valence electrons. The smallest absolute Gasteiger partial charge is 0.0943 e. The second-order valence-electron chi connectivity index (χ2n) is 2.97. The SMILES string of the molecule is CCCCCC(C)=C(C)C#N. The van der Waals surface area contributed by atoms with E-state index in [1.807, 2.05) is 13.8 Å². The van der Waals surface area contributed by atoms with Gasteiger partial charge in [-0.1, -0.05) is 25.3 Å². The fraction of sp³-hybridized carbons (Fsp3) is 0.700. The largest absolute Gasteiger partial charge is 0.193 e. The lowest BCUT2D eigenvalue weighted by atomic mass is 10.1. The van der Waals surface area contributed by atoms with E-state index in [1.165, 1.54) is 24.8 Å². The van der Waals surface area contributed by atoms with Crippen LogP contribution in [-0.4, -0.2) is 0 Å². The summed E-state index contributed by atoms with van der Waals surface area (Å²) in [4.78, 5) is 0. The van der Waals surface area contributed by atoms with E-state index in [9.17, 15) is 0 Å². The molecular formula is C10H17N. The number of nitrogens with zero attached hydrogens (tertiary/aromatic N) is 1. The molecule has 0 saturated carbocycles. The maximum absolute atomic E-state index is 8.55. The van der Waals surface area contributed by atoms with Crippen LogP contribution in [-0.2, 0) is 0 Å². The molecular weight excluding hydrogens is 134 g/mol. The maximum Gasteiger partial charge on any atom is 0.0943 e. The zero-order chi connectivity index (χ0) is 8.69. The Morgan fingerprint density at radius 3 is 2.36 bits per heavy atom. The standard InChI is InChI=1S/C10H17N/c1-4-5-6-7-9(2)10(3)8-11/h4-7H2,1-3H3. The third kappa shape index (κ3) is 4.61. The van der Waals surface area contributed by atoms with Crippen molar-refractivity contribution < 1.29 is 0 Å². The normalized spacial score (nSPS) is 12.2. The highest BCUT2D eigenvalue weighted by atomic mass is 14.2. The van der Waals surface area contributed by atoms with Gasteiger partial charge < -0.3 is 0 Å². The minimum atomic E-state index is 0.890. The molecule has 0 aromatic rings. The molecule has 0 unspecified atom stereocenters. The third-order valence-electron chi connectivity index (χ3n) is 1.96. The van der Waals surface area contributed by atoms with Crippen LogP contribution in [0.2, 0.25) is 0 Å². The summed E-state index contributed by atoms with van der Waals surface area (Å²) in [5.41, 5.74) is 2.14. The van der Waals surface area contributed by atoms with Gasteiger partial charge in [-0.3, -0.25) is 0 Å². The predicted octanol–water partition coefficient (Wildman–Crippen LogP) is 3.43. The first-order valence-corrected chi connectivity index (χ1v) is 4.28. The highest BCUT2D eigenvalue weighted by Gasteiger charge is 1.94. The van der Waals surface area contributed by atoms with Crippen molar-refractivity contribution in [2.45, 2.75) is 46.5 Å². The van der Waals surface area contributed by atoms with Crippen LogP contribution in [0.1, 0.15) is 46.5 Å². The Kier molecular flexibility index (Phi) is 5.56. The van der Waals surface area contributed by atoms with Gasteiger partial charge in [-0.2, -0.15) is 5.26 Å². The van der Waals surface area contributed by atoms with E-state index in [0.717, 1.165) is 12.0 Å². The lowest BCUT2D eigenvalue weighted by Crippen LogP contribution is -1.82. The minimum absolute atomic E-state index is 0.890. The van der Waals surface area contributed by atoms with Gasteiger partial charge in [0.05, 0.1) is 6.07 Å². The van der Waals surface area contributed by atoms with Gasteiger partial charge >= 0.3 is 0 Å². The molecule has 0 amide bonds. The lowest BCUT2D eigenvalue weighted by Gasteiger charge is -2.00. The Balaban J connectivity index is 3.70. The molecule has 0 spiro atoms. The molecule has 0 aromatic carbocycles. The summed E-state index contributed by atoms with van der Waals surface area (Å²) in [6, 6.07) is 2.17.